The van der Waals surface area contributed by atoms with Gasteiger partial charge >= 0.3 is 5.97 Å². The van der Waals surface area contributed by atoms with Crippen LogP contribution in [0.25, 0.3) is 0 Å². The van der Waals surface area contributed by atoms with Crippen LogP contribution in [0.1, 0.15) is 94.3 Å². The Morgan fingerprint density at radius 1 is 0.920 bits per heavy atom. The Morgan fingerprint density at radius 3 is 1.92 bits per heavy atom. The maximum Gasteiger partial charge on any atom is 0.335 e. The maximum atomic E-state index is 10.9. The lowest BCUT2D eigenvalue weighted by molar-refractivity contribution is 0.0697. The van der Waals surface area contributed by atoms with Crippen LogP contribution >= 0.6 is 11.6 Å². The quantitative estimate of drug-likeness (QED) is 0.335. The largest absolute Gasteiger partial charge is 0.492 e. The molecule has 0 radical (unpaired) electrons. The summed E-state index contributed by atoms with van der Waals surface area (Å²) in [6, 6.07) is 4.58. The molecule has 4 heteroatoms. The van der Waals surface area contributed by atoms with E-state index >= 15 is 0 Å². The highest BCUT2D eigenvalue weighted by Crippen LogP contribution is 2.25. The summed E-state index contributed by atoms with van der Waals surface area (Å²) in [5, 5.41) is 9.26. The van der Waals surface area contributed by atoms with Crippen molar-refractivity contribution in [2.45, 2.75) is 84.0 Å². The molecule has 0 aliphatic heterocycles. The topological polar surface area (TPSA) is 46.5 Å². The smallest absolute Gasteiger partial charge is 0.335 e. The molecule has 1 aromatic carbocycles. The maximum absolute atomic E-state index is 10.9. The van der Waals surface area contributed by atoms with Gasteiger partial charge in [-0.25, -0.2) is 4.79 Å². The van der Waals surface area contributed by atoms with Crippen LogP contribution in [0.3, 0.4) is 0 Å². The first kappa shape index (κ1) is 21.8. The van der Waals surface area contributed by atoms with Crippen molar-refractivity contribution in [1.29, 1.82) is 0 Å². The third kappa shape index (κ3) is 10.4. The second-order valence-corrected chi connectivity index (χ2v) is 7.10. The number of carboxylic acids is 1. The van der Waals surface area contributed by atoms with Crippen molar-refractivity contribution in [2.24, 2.45) is 0 Å². The summed E-state index contributed by atoms with van der Waals surface area (Å²) in [7, 11) is 0. The monoisotopic (exact) mass is 368 g/mol. The fourth-order valence-corrected chi connectivity index (χ4v) is 3.11. The number of hydrogen-bond donors (Lipinski definition) is 1. The van der Waals surface area contributed by atoms with Crippen molar-refractivity contribution in [3.63, 3.8) is 0 Å². The number of unbranched alkanes of at least 4 members (excludes halogenated alkanes) is 11. The van der Waals surface area contributed by atoms with E-state index in [4.69, 9.17) is 21.4 Å². The number of ether oxygens (including phenoxy) is 1. The summed E-state index contributed by atoms with van der Waals surface area (Å²) in [5.41, 5.74) is 0.183. The number of benzene rings is 1. The molecule has 0 spiro atoms. The third-order valence-corrected chi connectivity index (χ3v) is 4.73. The standard InChI is InChI=1S/C21H33ClO3/c1-2-3-4-5-6-7-8-9-10-11-12-13-16-25-20-15-14-18(21(23)24)17-19(20)22/h14-15,17H,2-13,16H2,1H3,(H,23,24). The molecule has 0 atom stereocenters. The Kier molecular flexibility index (Phi) is 12.2. The summed E-state index contributed by atoms with van der Waals surface area (Å²) < 4.78 is 5.64. The molecule has 0 bridgehead atoms. The van der Waals surface area contributed by atoms with Gasteiger partial charge in [0.1, 0.15) is 5.75 Å². The Hall–Kier alpha value is -1.22. The van der Waals surface area contributed by atoms with E-state index in [1.807, 2.05) is 0 Å². The van der Waals surface area contributed by atoms with E-state index < -0.39 is 5.97 Å². The van der Waals surface area contributed by atoms with Gasteiger partial charge in [0.15, 0.2) is 0 Å². The number of aromatic carboxylic acids is 1. The molecule has 25 heavy (non-hydrogen) atoms. The molecular weight excluding hydrogens is 336 g/mol. The van der Waals surface area contributed by atoms with Gasteiger partial charge in [0, 0.05) is 0 Å². The molecule has 0 heterocycles. The number of carbonyl (C=O) groups is 1. The fourth-order valence-electron chi connectivity index (χ4n) is 2.88. The predicted octanol–water partition coefficient (Wildman–Crippen LogP) is 7.12. The van der Waals surface area contributed by atoms with E-state index in [0.29, 0.717) is 17.4 Å². The van der Waals surface area contributed by atoms with Crippen LogP contribution in [0.15, 0.2) is 18.2 Å². The first-order valence-electron chi connectivity index (χ1n) is 9.80. The van der Waals surface area contributed by atoms with Crippen molar-refractivity contribution in [3.8, 4) is 5.75 Å². The van der Waals surface area contributed by atoms with Crippen LogP contribution in [-0.4, -0.2) is 17.7 Å². The van der Waals surface area contributed by atoms with Gasteiger partial charge in [0.05, 0.1) is 17.2 Å². The molecule has 1 rings (SSSR count). The zero-order valence-corrected chi connectivity index (χ0v) is 16.3. The second-order valence-electron chi connectivity index (χ2n) is 6.69. The van der Waals surface area contributed by atoms with Gasteiger partial charge in [0.2, 0.25) is 0 Å². The SMILES string of the molecule is CCCCCCCCCCCCCCOc1ccc(C(=O)O)cc1Cl. The van der Waals surface area contributed by atoms with Crippen molar-refractivity contribution in [1.82, 2.24) is 0 Å². The average Bonchev–Trinajstić information content (AvgIpc) is 2.60. The minimum Gasteiger partial charge on any atom is -0.492 e. The van der Waals surface area contributed by atoms with Crippen molar-refractivity contribution in [2.75, 3.05) is 6.61 Å². The number of halogens is 1. The molecule has 0 aromatic heterocycles. The lowest BCUT2D eigenvalue weighted by atomic mass is 10.1. The highest BCUT2D eigenvalue weighted by atomic mass is 35.5. The first-order chi connectivity index (χ1) is 12.1. The summed E-state index contributed by atoms with van der Waals surface area (Å²) in [6.45, 7) is 2.89. The van der Waals surface area contributed by atoms with E-state index in [-0.39, 0.29) is 5.56 Å². The number of hydrogen-bond acceptors (Lipinski definition) is 2. The lowest BCUT2D eigenvalue weighted by Crippen LogP contribution is -2.00. The Bertz CT molecular complexity index is 488. The van der Waals surface area contributed by atoms with Crippen LogP contribution in [0.5, 0.6) is 5.75 Å². The predicted molar refractivity (Wildman–Crippen MR) is 105 cm³/mol. The van der Waals surface area contributed by atoms with Crippen LogP contribution in [0, 0.1) is 0 Å². The molecule has 0 aliphatic rings. The molecule has 0 saturated carbocycles. The summed E-state index contributed by atoms with van der Waals surface area (Å²) in [6.07, 6.45) is 15.8. The third-order valence-electron chi connectivity index (χ3n) is 4.43. The molecule has 0 unspecified atom stereocenters. The zero-order chi connectivity index (χ0) is 18.3. The summed E-state index contributed by atoms with van der Waals surface area (Å²) in [5.74, 6) is -0.413. The minimum atomic E-state index is -0.977. The van der Waals surface area contributed by atoms with E-state index in [0.717, 1.165) is 6.42 Å². The Morgan fingerprint density at radius 2 is 1.44 bits per heavy atom. The number of carboxylic acid groups (broad SMARTS) is 1. The molecule has 1 N–H and O–H groups in total. The molecule has 1 aromatic rings. The zero-order valence-electron chi connectivity index (χ0n) is 15.6. The Labute approximate surface area is 157 Å². The van der Waals surface area contributed by atoms with Crippen molar-refractivity contribution in [3.05, 3.63) is 28.8 Å². The summed E-state index contributed by atoms with van der Waals surface area (Å²) in [4.78, 5) is 10.9. The summed E-state index contributed by atoms with van der Waals surface area (Å²) >= 11 is 6.04. The molecule has 0 saturated heterocycles. The van der Waals surface area contributed by atoms with Gasteiger partial charge in [-0.05, 0) is 24.6 Å². The number of rotatable bonds is 15. The fraction of sp³-hybridized carbons (Fsp3) is 0.667. The van der Waals surface area contributed by atoms with Gasteiger partial charge in [-0.2, -0.15) is 0 Å². The van der Waals surface area contributed by atoms with Crippen LogP contribution < -0.4 is 4.74 Å². The second kappa shape index (κ2) is 14.0. The first-order valence-corrected chi connectivity index (χ1v) is 10.2. The average molecular weight is 369 g/mol. The highest BCUT2D eigenvalue weighted by molar-refractivity contribution is 6.32. The Balaban J connectivity index is 1.96. The van der Waals surface area contributed by atoms with Gasteiger partial charge in [-0.1, -0.05) is 89.2 Å². The molecule has 0 amide bonds. The molecule has 142 valence electrons. The van der Waals surface area contributed by atoms with E-state index in [1.54, 1.807) is 6.07 Å². The molecule has 0 fully saturated rings. The van der Waals surface area contributed by atoms with Crippen LogP contribution in [-0.2, 0) is 0 Å². The minimum absolute atomic E-state index is 0.183. The lowest BCUT2D eigenvalue weighted by Gasteiger charge is -2.08. The molecular formula is C21H33ClO3. The van der Waals surface area contributed by atoms with Crippen LogP contribution in [0.2, 0.25) is 5.02 Å². The van der Waals surface area contributed by atoms with Crippen LogP contribution in [0.4, 0.5) is 0 Å². The van der Waals surface area contributed by atoms with E-state index in [2.05, 4.69) is 6.92 Å². The van der Waals surface area contributed by atoms with Crippen molar-refractivity contribution < 1.29 is 14.6 Å². The van der Waals surface area contributed by atoms with E-state index in [1.165, 1.54) is 82.8 Å². The van der Waals surface area contributed by atoms with Gasteiger partial charge in [-0.15, -0.1) is 0 Å². The van der Waals surface area contributed by atoms with Gasteiger partial charge < -0.3 is 9.84 Å². The molecule has 3 nitrogen and oxygen atoms in total. The molecule has 0 aliphatic carbocycles. The van der Waals surface area contributed by atoms with E-state index in [9.17, 15) is 4.79 Å². The van der Waals surface area contributed by atoms with Crippen molar-refractivity contribution >= 4 is 17.6 Å². The normalized spacial score (nSPS) is 10.8. The highest BCUT2D eigenvalue weighted by Gasteiger charge is 2.07. The van der Waals surface area contributed by atoms with Gasteiger partial charge in [0.25, 0.3) is 0 Å². The van der Waals surface area contributed by atoms with Gasteiger partial charge in [-0.3, -0.25) is 0 Å².